The highest BCUT2D eigenvalue weighted by Gasteiger charge is 2.54. The highest BCUT2D eigenvalue weighted by atomic mass is 32.2. The van der Waals surface area contributed by atoms with Gasteiger partial charge in [-0.05, 0) is 25.8 Å². The van der Waals surface area contributed by atoms with E-state index in [1.165, 1.54) is 11.8 Å². The van der Waals surface area contributed by atoms with Crippen molar-refractivity contribution >= 4 is 17.7 Å². The number of hydrogen-bond acceptors (Lipinski definition) is 4. The second-order valence-electron chi connectivity index (χ2n) is 6.09. The van der Waals surface area contributed by atoms with Gasteiger partial charge in [-0.15, -0.1) is 0 Å². The lowest BCUT2D eigenvalue weighted by Gasteiger charge is -2.28. The minimum atomic E-state index is -0.895. The number of aliphatic hydroxyl groups excluding tert-OH is 1. The second-order valence-corrected chi connectivity index (χ2v) is 7.60. The van der Waals surface area contributed by atoms with E-state index < -0.39 is 10.9 Å². The van der Waals surface area contributed by atoms with Crippen LogP contribution in [-0.2, 0) is 9.53 Å². The van der Waals surface area contributed by atoms with Gasteiger partial charge in [-0.1, -0.05) is 45.5 Å². The van der Waals surface area contributed by atoms with Crippen molar-refractivity contribution in [2.24, 2.45) is 5.41 Å². The third-order valence-electron chi connectivity index (χ3n) is 3.16. The molecule has 1 unspecified atom stereocenters. The van der Waals surface area contributed by atoms with Gasteiger partial charge in [0.15, 0.2) is 5.44 Å². The van der Waals surface area contributed by atoms with Crippen molar-refractivity contribution in [3.8, 4) is 0 Å². The number of hydrogen-bond donors (Lipinski definition) is 1. The fourth-order valence-electron chi connectivity index (χ4n) is 1.91. The molecule has 0 aromatic carbocycles. The first kappa shape index (κ1) is 15.6. The molecule has 3 atom stereocenters. The predicted molar refractivity (Wildman–Crippen MR) is 75.4 cm³/mol. The second kappa shape index (κ2) is 5.25. The molecule has 1 rings (SSSR count). The first-order chi connectivity index (χ1) is 8.13. The van der Waals surface area contributed by atoms with Gasteiger partial charge in [0.2, 0.25) is 0 Å². The smallest absolute Gasteiger partial charge is 0.326 e. The maximum Gasteiger partial charge on any atom is 0.326 e. The van der Waals surface area contributed by atoms with Crippen LogP contribution in [0.15, 0.2) is 11.6 Å². The van der Waals surface area contributed by atoms with Gasteiger partial charge in [0.25, 0.3) is 0 Å². The molecule has 0 amide bonds. The SMILES string of the molecule is CC/C=C(\C)C(O)[C@@]1(C)S[C@H](C(C)(C)C)OC1=O. The molecule has 1 heterocycles. The molecule has 18 heavy (non-hydrogen) atoms. The Labute approximate surface area is 114 Å². The normalized spacial score (nSPS) is 31.4. The summed E-state index contributed by atoms with van der Waals surface area (Å²) in [5.41, 5.74) is 0.498. The van der Waals surface area contributed by atoms with Crippen LogP contribution in [0.4, 0.5) is 0 Å². The first-order valence-electron chi connectivity index (χ1n) is 6.36. The van der Waals surface area contributed by atoms with Gasteiger partial charge >= 0.3 is 5.97 Å². The number of carbonyl (C=O) groups excluding carboxylic acids is 1. The minimum Gasteiger partial charge on any atom is -0.450 e. The largest absolute Gasteiger partial charge is 0.450 e. The number of esters is 1. The zero-order valence-electron chi connectivity index (χ0n) is 12.1. The summed E-state index contributed by atoms with van der Waals surface area (Å²) in [5.74, 6) is -0.316. The molecule has 1 fully saturated rings. The quantitative estimate of drug-likeness (QED) is 0.633. The van der Waals surface area contributed by atoms with Crippen LogP contribution in [-0.4, -0.2) is 27.4 Å². The molecule has 0 aromatic heterocycles. The Bertz CT molecular complexity index is 357. The Morgan fingerprint density at radius 3 is 2.56 bits per heavy atom. The summed E-state index contributed by atoms with van der Waals surface area (Å²) in [6.45, 7) is 11.7. The van der Waals surface area contributed by atoms with E-state index in [1.807, 2.05) is 40.7 Å². The summed E-state index contributed by atoms with van der Waals surface area (Å²) in [6.07, 6.45) is 2.01. The third-order valence-corrected chi connectivity index (χ3v) is 5.05. The molecule has 0 spiro atoms. The Balaban J connectivity index is 2.94. The van der Waals surface area contributed by atoms with Crippen LogP contribution in [0.2, 0.25) is 0 Å². The molecule has 0 radical (unpaired) electrons. The van der Waals surface area contributed by atoms with E-state index >= 15 is 0 Å². The molecule has 3 nitrogen and oxygen atoms in total. The van der Waals surface area contributed by atoms with Crippen LogP contribution in [0, 0.1) is 5.41 Å². The van der Waals surface area contributed by atoms with Crippen molar-refractivity contribution in [3.63, 3.8) is 0 Å². The van der Waals surface area contributed by atoms with Gasteiger partial charge in [0, 0.05) is 5.41 Å². The number of allylic oxidation sites excluding steroid dienone is 1. The Kier molecular flexibility index (Phi) is 4.55. The van der Waals surface area contributed by atoms with Gasteiger partial charge in [0.1, 0.15) is 4.75 Å². The molecular weight excluding hydrogens is 248 g/mol. The van der Waals surface area contributed by atoms with Crippen LogP contribution in [0.5, 0.6) is 0 Å². The number of rotatable bonds is 3. The summed E-state index contributed by atoms with van der Waals surface area (Å²) >= 11 is 1.43. The number of carbonyl (C=O) groups is 1. The highest BCUT2D eigenvalue weighted by molar-refractivity contribution is 8.02. The molecule has 4 heteroatoms. The molecule has 0 aromatic rings. The van der Waals surface area contributed by atoms with E-state index in [1.54, 1.807) is 6.92 Å². The number of cyclic esters (lactones) is 1. The van der Waals surface area contributed by atoms with Crippen LogP contribution in [0.1, 0.15) is 48.0 Å². The van der Waals surface area contributed by atoms with Crippen molar-refractivity contribution in [1.29, 1.82) is 0 Å². The van der Waals surface area contributed by atoms with Gasteiger partial charge < -0.3 is 9.84 Å². The zero-order chi connectivity index (χ0) is 14.1. The lowest BCUT2D eigenvalue weighted by molar-refractivity contribution is -0.150. The van der Waals surface area contributed by atoms with Gasteiger partial charge in [-0.25, -0.2) is 0 Å². The standard InChI is InChI=1S/C14H24O3S/c1-7-8-9(2)10(15)14(6)11(16)17-12(18-14)13(3,4)5/h8,10,12,15H,7H2,1-6H3/b9-8+/t10?,12-,14-/m1/s1. The van der Waals surface area contributed by atoms with Crippen molar-refractivity contribution in [1.82, 2.24) is 0 Å². The lowest BCUT2D eigenvalue weighted by atomic mass is 9.96. The molecule has 1 saturated heterocycles. The molecule has 0 bridgehead atoms. The monoisotopic (exact) mass is 272 g/mol. The van der Waals surface area contributed by atoms with Crippen LogP contribution >= 0.6 is 11.8 Å². The average molecular weight is 272 g/mol. The number of aliphatic hydroxyl groups is 1. The van der Waals surface area contributed by atoms with E-state index in [0.717, 1.165) is 12.0 Å². The van der Waals surface area contributed by atoms with E-state index in [2.05, 4.69) is 0 Å². The van der Waals surface area contributed by atoms with E-state index in [4.69, 9.17) is 4.74 Å². The maximum absolute atomic E-state index is 12.1. The molecule has 1 aliphatic heterocycles. The summed E-state index contributed by atoms with van der Waals surface area (Å²) in [7, 11) is 0. The Morgan fingerprint density at radius 2 is 2.17 bits per heavy atom. The van der Waals surface area contributed by atoms with E-state index in [9.17, 15) is 9.90 Å². The zero-order valence-corrected chi connectivity index (χ0v) is 12.9. The first-order valence-corrected chi connectivity index (χ1v) is 7.24. The summed E-state index contributed by atoms with van der Waals surface area (Å²) in [5, 5.41) is 10.4. The summed E-state index contributed by atoms with van der Waals surface area (Å²) in [6, 6.07) is 0. The maximum atomic E-state index is 12.1. The Hall–Kier alpha value is -0.480. The van der Waals surface area contributed by atoms with Crippen molar-refractivity contribution in [2.45, 2.75) is 64.3 Å². The molecule has 0 aliphatic carbocycles. The predicted octanol–water partition coefficient (Wildman–Crippen LogP) is 3.12. The van der Waals surface area contributed by atoms with Crippen LogP contribution in [0.3, 0.4) is 0 Å². The topological polar surface area (TPSA) is 46.5 Å². The van der Waals surface area contributed by atoms with Crippen LogP contribution < -0.4 is 0 Å². The van der Waals surface area contributed by atoms with Gasteiger partial charge in [-0.3, -0.25) is 4.79 Å². The summed E-state index contributed by atoms with van der Waals surface area (Å²) < 4.78 is 4.53. The Morgan fingerprint density at radius 1 is 1.61 bits per heavy atom. The molecule has 104 valence electrons. The third kappa shape index (κ3) is 2.91. The lowest BCUT2D eigenvalue weighted by Crippen LogP contribution is -2.41. The summed E-state index contributed by atoms with van der Waals surface area (Å²) in [4.78, 5) is 12.1. The van der Waals surface area contributed by atoms with E-state index in [0.29, 0.717) is 0 Å². The molecule has 1 aliphatic rings. The fourth-order valence-corrected chi connectivity index (χ4v) is 3.30. The highest BCUT2D eigenvalue weighted by Crippen LogP contribution is 2.48. The van der Waals surface area contributed by atoms with Crippen molar-refractivity contribution < 1.29 is 14.6 Å². The van der Waals surface area contributed by atoms with Crippen molar-refractivity contribution in [2.75, 3.05) is 0 Å². The number of thioether (sulfide) groups is 1. The fraction of sp³-hybridized carbons (Fsp3) is 0.786. The van der Waals surface area contributed by atoms with Gasteiger partial charge in [0.05, 0.1) is 6.10 Å². The van der Waals surface area contributed by atoms with Gasteiger partial charge in [-0.2, -0.15) is 0 Å². The van der Waals surface area contributed by atoms with Crippen molar-refractivity contribution in [3.05, 3.63) is 11.6 Å². The molecule has 0 saturated carbocycles. The molecular formula is C14H24O3S. The molecule has 1 N–H and O–H groups in total. The van der Waals surface area contributed by atoms with E-state index in [-0.39, 0.29) is 16.8 Å². The average Bonchev–Trinajstić information content (AvgIpc) is 2.55. The number of ether oxygens (including phenoxy) is 1. The minimum absolute atomic E-state index is 0.125. The van der Waals surface area contributed by atoms with Crippen LogP contribution in [0.25, 0.3) is 0 Å².